The highest BCUT2D eigenvalue weighted by atomic mass is 16.5. The quantitative estimate of drug-likeness (QED) is 0.803. The average Bonchev–Trinajstić information content (AvgIpc) is 3.04. The van der Waals surface area contributed by atoms with Gasteiger partial charge in [0, 0.05) is 18.7 Å². The van der Waals surface area contributed by atoms with Crippen LogP contribution in [0.15, 0.2) is 42.5 Å². The number of hydrogen-bond acceptors (Lipinski definition) is 4. The Balaban J connectivity index is 1.67. The molecule has 1 aliphatic rings. The maximum absolute atomic E-state index is 12.5. The van der Waals surface area contributed by atoms with E-state index in [1.54, 1.807) is 11.0 Å². The summed E-state index contributed by atoms with van der Waals surface area (Å²) in [5.41, 5.74) is 4.49. The first-order valence-corrected chi connectivity index (χ1v) is 8.93. The molecular formula is C21H24N2O3. The summed E-state index contributed by atoms with van der Waals surface area (Å²) < 4.78 is 5.40. The first-order chi connectivity index (χ1) is 12.6. The van der Waals surface area contributed by atoms with Crippen molar-refractivity contribution in [3.05, 3.63) is 59.2 Å². The van der Waals surface area contributed by atoms with Crippen LogP contribution in [-0.4, -0.2) is 36.5 Å². The first kappa shape index (κ1) is 18.0. The summed E-state index contributed by atoms with van der Waals surface area (Å²) in [5, 5.41) is 3.34. The summed E-state index contributed by atoms with van der Waals surface area (Å²) >= 11 is 0. The van der Waals surface area contributed by atoms with E-state index in [1.165, 1.54) is 5.56 Å². The van der Waals surface area contributed by atoms with E-state index in [0.717, 1.165) is 24.2 Å². The number of carbonyl (C=O) groups excluding carboxylic acids is 2. The van der Waals surface area contributed by atoms with Crippen LogP contribution >= 0.6 is 0 Å². The van der Waals surface area contributed by atoms with Gasteiger partial charge in [-0.05, 0) is 49.6 Å². The molecule has 1 aliphatic heterocycles. The molecule has 5 heteroatoms. The van der Waals surface area contributed by atoms with Crippen molar-refractivity contribution in [3.63, 3.8) is 0 Å². The largest absolute Gasteiger partial charge is 0.460 e. The lowest BCUT2D eigenvalue weighted by atomic mass is 10.1. The van der Waals surface area contributed by atoms with Crippen LogP contribution in [0.5, 0.6) is 0 Å². The third kappa shape index (κ3) is 4.04. The molecule has 0 radical (unpaired) electrons. The number of carbonyl (C=O) groups is 2. The van der Waals surface area contributed by atoms with Gasteiger partial charge in [-0.25, -0.2) is 4.79 Å². The van der Waals surface area contributed by atoms with E-state index >= 15 is 0 Å². The fourth-order valence-corrected chi connectivity index (χ4v) is 3.07. The normalized spacial score (nSPS) is 13.8. The molecule has 1 saturated heterocycles. The Labute approximate surface area is 154 Å². The van der Waals surface area contributed by atoms with Crippen LogP contribution in [-0.2, 0) is 9.53 Å². The van der Waals surface area contributed by atoms with Gasteiger partial charge in [0.1, 0.15) is 6.61 Å². The highest BCUT2D eigenvalue weighted by Crippen LogP contribution is 2.25. The van der Waals surface area contributed by atoms with Gasteiger partial charge >= 0.3 is 5.97 Å². The number of amides is 1. The van der Waals surface area contributed by atoms with Crippen LogP contribution in [0.2, 0.25) is 0 Å². The van der Waals surface area contributed by atoms with Crippen molar-refractivity contribution in [2.24, 2.45) is 0 Å². The number of benzene rings is 2. The molecule has 0 aromatic heterocycles. The monoisotopic (exact) mass is 352 g/mol. The molecule has 1 N–H and O–H groups in total. The molecule has 0 bridgehead atoms. The Bertz CT molecular complexity index is 817. The van der Waals surface area contributed by atoms with Gasteiger partial charge in [0.25, 0.3) is 0 Å². The summed E-state index contributed by atoms with van der Waals surface area (Å²) in [6.07, 6.45) is 1.48. The van der Waals surface area contributed by atoms with Gasteiger partial charge in [0.15, 0.2) is 0 Å². The molecule has 2 aromatic rings. The third-order valence-corrected chi connectivity index (χ3v) is 4.79. The highest BCUT2D eigenvalue weighted by molar-refractivity contribution is 5.96. The molecule has 0 saturated carbocycles. The van der Waals surface area contributed by atoms with E-state index in [2.05, 4.69) is 18.3 Å². The number of aryl methyl sites for hydroxylation is 1. The number of para-hydroxylation sites is 1. The molecule has 0 aliphatic carbocycles. The van der Waals surface area contributed by atoms with Crippen LogP contribution in [0.4, 0.5) is 11.4 Å². The minimum absolute atomic E-state index is 0.137. The fraction of sp³-hybridized carbons (Fsp3) is 0.333. The Kier molecular flexibility index (Phi) is 5.56. The minimum atomic E-state index is -0.384. The van der Waals surface area contributed by atoms with Crippen molar-refractivity contribution in [1.29, 1.82) is 0 Å². The molecule has 1 heterocycles. The molecule has 0 spiro atoms. The predicted molar refractivity (Wildman–Crippen MR) is 102 cm³/mol. The lowest BCUT2D eigenvalue weighted by Crippen LogP contribution is -2.29. The number of esters is 1. The maximum Gasteiger partial charge on any atom is 0.340 e. The topological polar surface area (TPSA) is 58.6 Å². The number of rotatable bonds is 6. The number of nitrogens with one attached hydrogen (secondary N) is 1. The minimum Gasteiger partial charge on any atom is -0.460 e. The molecule has 3 rings (SSSR count). The fourth-order valence-electron chi connectivity index (χ4n) is 3.07. The second-order valence-corrected chi connectivity index (χ2v) is 6.54. The molecular weight excluding hydrogens is 328 g/mol. The Morgan fingerprint density at radius 1 is 1.12 bits per heavy atom. The van der Waals surface area contributed by atoms with Gasteiger partial charge in [-0.2, -0.15) is 0 Å². The SMILES string of the molecule is Cc1cccc(Nc2ccccc2C(=O)OCCN2CCCC2=O)c1C. The summed E-state index contributed by atoms with van der Waals surface area (Å²) in [6.45, 7) is 5.52. The molecule has 0 atom stereocenters. The lowest BCUT2D eigenvalue weighted by Gasteiger charge is -2.17. The Morgan fingerprint density at radius 2 is 1.88 bits per heavy atom. The summed E-state index contributed by atoms with van der Waals surface area (Å²) in [6, 6.07) is 13.3. The van der Waals surface area contributed by atoms with Gasteiger partial charge in [0.2, 0.25) is 5.91 Å². The van der Waals surface area contributed by atoms with E-state index < -0.39 is 0 Å². The van der Waals surface area contributed by atoms with Crippen LogP contribution < -0.4 is 5.32 Å². The molecule has 2 aromatic carbocycles. The summed E-state index contributed by atoms with van der Waals surface area (Å²) in [4.78, 5) is 25.9. The van der Waals surface area contributed by atoms with Crippen molar-refractivity contribution in [3.8, 4) is 0 Å². The molecule has 1 fully saturated rings. The van der Waals surface area contributed by atoms with Crippen LogP contribution in [0.3, 0.4) is 0 Å². The van der Waals surface area contributed by atoms with Crippen LogP contribution in [0.1, 0.15) is 34.3 Å². The zero-order valence-corrected chi connectivity index (χ0v) is 15.2. The van der Waals surface area contributed by atoms with Crippen LogP contribution in [0.25, 0.3) is 0 Å². The van der Waals surface area contributed by atoms with Gasteiger partial charge < -0.3 is 15.0 Å². The number of hydrogen-bond donors (Lipinski definition) is 1. The van der Waals surface area contributed by atoms with Gasteiger partial charge in [-0.1, -0.05) is 24.3 Å². The highest BCUT2D eigenvalue weighted by Gasteiger charge is 2.20. The van der Waals surface area contributed by atoms with Gasteiger partial charge in [0.05, 0.1) is 17.8 Å². The molecule has 26 heavy (non-hydrogen) atoms. The second-order valence-electron chi connectivity index (χ2n) is 6.54. The number of anilines is 2. The lowest BCUT2D eigenvalue weighted by molar-refractivity contribution is -0.128. The van der Waals surface area contributed by atoms with Crippen molar-refractivity contribution >= 4 is 23.3 Å². The molecule has 136 valence electrons. The van der Waals surface area contributed by atoms with Crippen molar-refractivity contribution < 1.29 is 14.3 Å². The number of nitrogens with zero attached hydrogens (tertiary/aromatic N) is 1. The van der Waals surface area contributed by atoms with Crippen molar-refractivity contribution in [2.45, 2.75) is 26.7 Å². The standard InChI is InChI=1S/C21H24N2O3/c1-15-7-5-10-18(16(15)2)22-19-9-4-3-8-17(19)21(25)26-14-13-23-12-6-11-20(23)24/h3-5,7-10,22H,6,11-14H2,1-2H3. The summed E-state index contributed by atoms with van der Waals surface area (Å²) in [5.74, 6) is -0.247. The van der Waals surface area contributed by atoms with Crippen molar-refractivity contribution in [2.75, 3.05) is 25.0 Å². The first-order valence-electron chi connectivity index (χ1n) is 8.93. The molecule has 1 amide bonds. The zero-order valence-electron chi connectivity index (χ0n) is 15.2. The van der Waals surface area contributed by atoms with Gasteiger partial charge in [-0.15, -0.1) is 0 Å². The van der Waals surface area contributed by atoms with E-state index in [-0.39, 0.29) is 18.5 Å². The van der Waals surface area contributed by atoms with E-state index in [0.29, 0.717) is 24.2 Å². The molecule has 0 unspecified atom stereocenters. The second kappa shape index (κ2) is 8.04. The molecule has 5 nitrogen and oxygen atoms in total. The Morgan fingerprint density at radius 3 is 2.65 bits per heavy atom. The number of ether oxygens (including phenoxy) is 1. The third-order valence-electron chi connectivity index (χ3n) is 4.79. The van der Waals surface area contributed by atoms with Crippen LogP contribution in [0, 0.1) is 13.8 Å². The van der Waals surface area contributed by atoms with Crippen molar-refractivity contribution in [1.82, 2.24) is 4.90 Å². The van der Waals surface area contributed by atoms with E-state index in [9.17, 15) is 9.59 Å². The summed E-state index contributed by atoms with van der Waals surface area (Å²) in [7, 11) is 0. The number of likely N-dealkylation sites (tertiary alicyclic amines) is 1. The van der Waals surface area contributed by atoms with Gasteiger partial charge in [-0.3, -0.25) is 4.79 Å². The van der Waals surface area contributed by atoms with E-state index in [1.807, 2.05) is 37.3 Å². The smallest absolute Gasteiger partial charge is 0.340 e. The zero-order chi connectivity index (χ0) is 18.5. The average molecular weight is 352 g/mol. The van der Waals surface area contributed by atoms with E-state index in [4.69, 9.17) is 4.74 Å². The Hall–Kier alpha value is -2.82. The predicted octanol–water partition coefficient (Wildman–Crippen LogP) is 3.83. The maximum atomic E-state index is 12.5.